The van der Waals surface area contributed by atoms with Crippen molar-refractivity contribution in [3.63, 3.8) is 0 Å². The Balaban J connectivity index is 1.55. The van der Waals surface area contributed by atoms with Gasteiger partial charge in [-0.25, -0.2) is 0 Å². The Hall–Kier alpha value is -4.06. The third-order valence-corrected chi connectivity index (χ3v) is 3.53. The number of nitrogens with zero attached hydrogens (tertiary/aromatic N) is 4. The van der Waals surface area contributed by atoms with Gasteiger partial charge in [-0.15, -0.1) is 0 Å². The van der Waals surface area contributed by atoms with Crippen LogP contribution in [0.2, 0.25) is 0 Å². The van der Waals surface area contributed by atoms with Crippen molar-refractivity contribution < 1.29 is 0 Å². The fraction of sp³-hybridized carbons (Fsp3) is 0. The number of rotatable bonds is 8. The standard InChI is InChI=1S/C22H20N6/c1-3-9-19(10-4-1)27-25-17-15-23-21-13-7-8-14-22(21)24-16-18-26-28-20-11-5-2-6-12-20/h1-18,27-28H/b23-15?,24-16?,25-17+,26-18+. The molecule has 0 aliphatic carbocycles. The van der Waals surface area contributed by atoms with Gasteiger partial charge >= 0.3 is 0 Å². The minimum atomic E-state index is 0.745. The van der Waals surface area contributed by atoms with Crippen LogP contribution < -0.4 is 10.9 Å². The molecule has 0 saturated heterocycles. The summed E-state index contributed by atoms with van der Waals surface area (Å²) in [5.41, 5.74) is 9.19. The zero-order chi connectivity index (χ0) is 19.3. The molecule has 0 spiro atoms. The molecule has 0 unspecified atom stereocenters. The van der Waals surface area contributed by atoms with Crippen LogP contribution in [-0.4, -0.2) is 24.9 Å². The Morgan fingerprint density at radius 3 is 1.29 bits per heavy atom. The topological polar surface area (TPSA) is 73.5 Å². The summed E-state index contributed by atoms with van der Waals surface area (Å²) in [5, 5.41) is 8.22. The summed E-state index contributed by atoms with van der Waals surface area (Å²) in [7, 11) is 0. The maximum absolute atomic E-state index is 4.40. The Bertz CT molecular complexity index is 882. The Morgan fingerprint density at radius 1 is 0.464 bits per heavy atom. The average molecular weight is 368 g/mol. The van der Waals surface area contributed by atoms with E-state index in [9.17, 15) is 0 Å². The molecule has 3 rings (SSSR count). The maximum atomic E-state index is 4.40. The molecule has 0 heterocycles. The second-order valence-corrected chi connectivity index (χ2v) is 5.56. The number of hydrazone groups is 2. The number of benzene rings is 3. The summed E-state index contributed by atoms with van der Waals surface area (Å²) in [6, 6.07) is 27.0. The minimum absolute atomic E-state index is 0.745. The van der Waals surface area contributed by atoms with Crippen LogP contribution in [0.1, 0.15) is 0 Å². The van der Waals surface area contributed by atoms with E-state index in [-0.39, 0.29) is 0 Å². The van der Waals surface area contributed by atoms with Crippen LogP contribution in [0.25, 0.3) is 0 Å². The highest BCUT2D eigenvalue weighted by Gasteiger charge is 1.95. The van der Waals surface area contributed by atoms with Crippen molar-refractivity contribution in [3.05, 3.63) is 84.9 Å². The molecular weight excluding hydrogens is 348 g/mol. The molecule has 0 bridgehead atoms. The van der Waals surface area contributed by atoms with E-state index >= 15 is 0 Å². The molecule has 6 nitrogen and oxygen atoms in total. The fourth-order valence-electron chi connectivity index (χ4n) is 2.23. The number of nitrogens with one attached hydrogen (secondary N) is 2. The monoisotopic (exact) mass is 368 g/mol. The van der Waals surface area contributed by atoms with E-state index in [4.69, 9.17) is 0 Å². The van der Waals surface area contributed by atoms with Crippen molar-refractivity contribution >= 4 is 47.6 Å². The van der Waals surface area contributed by atoms with Gasteiger partial charge in [0.05, 0.1) is 35.2 Å². The molecule has 0 aliphatic heterocycles. The largest absolute Gasteiger partial charge is 0.278 e. The molecule has 0 saturated carbocycles. The van der Waals surface area contributed by atoms with Crippen molar-refractivity contribution in [2.75, 3.05) is 10.9 Å². The highest BCUT2D eigenvalue weighted by atomic mass is 15.3. The number of para-hydroxylation sites is 4. The van der Waals surface area contributed by atoms with Crippen molar-refractivity contribution in [2.45, 2.75) is 0 Å². The number of anilines is 2. The zero-order valence-electron chi connectivity index (χ0n) is 15.2. The quantitative estimate of drug-likeness (QED) is 0.419. The summed E-state index contributed by atoms with van der Waals surface area (Å²) in [4.78, 5) is 8.79. The highest BCUT2D eigenvalue weighted by molar-refractivity contribution is 6.18. The normalized spacial score (nSPS) is 11.7. The second kappa shape index (κ2) is 10.8. The van der Waals surface area contributed by atoms with Crippen molar-refractivity contribution in [3.8, 4) is 0 Å². The van der Waals surface area contributed by atoms with Crippen LogP contribution in [0.15, 0.2) is 105 Å². The van der Waals surface area contributed by atoms with E-state index < -0.39 is 0 Å². The third-order valence-electron chi connectivity index (χ3n) is 3.53. The molecule has 28 heavy (non-hydrogen) atoms. The van der Waals surface area contributed by atoms with Gasteiger partial charge in [0.15, 0.2) is 0 Å². The first-order valence-corrected chi connectivity index (χ1v) is 8.74. The predicted molar refractivity (Wildman–Crippen MR) is 120 cm³/mol. The molecule has 0 aromatic heterocycles. The van der Waals surface area contributed by atoms with Gasteiger partial charge in [0.1, 0.15) is 0 Å². The molecule has 0 radical (unpaired) electrons. The molecule has 3 aromatic carbocycles. The van der Waals surface area contributed by atoms with E-state index in [1.165, 1.54) is 0 Å². The van der Waals surface area contributed by atoms with Gasteiger partial charge in [-0.05, 0) is 36.4 Å². The molecule has 0 amide bonds. The van der Waals surface area contributed by atoms with Gasteiger partial charge in [0, 0.05) is 12.4 Å². The lowest BCUT2D eigenvalue weighted by atomic mass is 10.3. The summed E-state index contributed by atoms with van der Waals surface area (Å²) in [5.74, 6) is 0. The van der Waals surface area contributed by atoms with Crippen LogP contribution in [-0.2, 0) is 0 Å². The maximum Gasteiger partial charge on any atom is 0.0886 e. The predicted octanol–water partition coefficient (Wildman–Crippen LogP) is 5.29. The number of hydrogen-bond acceptors (Lipinski definition) is 6. The van der Waals surface area contributed by atoms with E-state index in [1.54, 1.807) is 24.9 Å². The van der Waals surface area contributed by atoms with Gasteiger partial charge in [0.2, 0.25) is 0 Å². The zero-order valence-corrected chi connectivity index (χ0v) is 15.2. The van der Waals surface area contributed by atoms with Crippen LogP contribution >= 0.6 is 0 Å². The minimum Gasteiger partial charge on any atom is -0.278 e. The number of hydrogen-bond donors (Lipinski definition) is 2. The molecule has 138 valence electrons. The van der Waals surface area contributed by atoms with E-state index in [0.717, 1.165) is 22.7 Å². The highest BCUT2D eigenvalue weighted by Crippen LogP contribution is 2.26. The molecule has 3 aromatic rings. The first-order valence-electron chi connectivity index (χ1n) is 8.74. The first kappa shape index (κ1) is 18.7. The summed E-state index contributed by atoms with van der Waals surface area (Å²) < 4.78 is 0. The fourth-order valence-corrected chi connectivity index (χ4v) is 2.23. The molecular formula is C22H20N6. The Kier molecular flexibility index (Phi) is 7.24. The number of aliphatic imine (C=N–C) groups is 2. The van der Waals surface area contributed by atoms with Gasteiger partial charge in [-0.1, -0.05) is 48.5 Å². The lowest BCUT2D eigenvalue weighted by molar-refractivity contribution is 1.36. The Morgan fingerprint density at radius 2 is 0.857 bits per heavy atom. The van der Waals surface area contributed by atoms with Crippen LogP contribution in [0.3, 0.4) is 0 Å². The summed E-state index contributed by atoms with van der Waals surface area (Å²) >= 11 is 0. The Labute approximate surface area is 164 Å². The van der Waals surface area contributed by atoms with Crippen LogP contribution in [0.4, 0.5) is 22.7 Å². The smallest absolute Gasteiger partial charge is 0.0886 e. The third kappa shape index (κ3) is 6.34. The van der Waals surface area contributed by atoms with E-state index in [1.807, 2.05) is 84.9 Å². The molecule has 6 heteroatoms. The first-order chi connectivity index (χ1) is 13.9. The SMILES string of the molecule is C(/C=N/Nc1ccccc1)=Nc1ccccc1N=C/C=N/Nc1ccccc1. The molecule has 0 aliphatic rings. The molecule has 0 fully saturated rings. The average Bonchev–Trinajstić information content (AvgIpc) is 2.76. The lowest BCUT2D eigenvalue weighted by Gasteiger charge is -1.99. The van der Waals surface area contributed by atoms with Gasteiger partial charge in [-0.2, -0.15) is 10.2 Å². The van der Waals surface area contributed by atoms with Crippen molar-refractivity contribution in [2.24, 2.45) is 20.2 Å². The summed E-state index contributed by atoms with van der Waals surface area (Å²) in [6.45, 7) is 0. The molecule has 2 N–H and O–H groups in total. The van der Waals surface area contributed by atoms with Gasteiger partial charge in [-0.3, -0.25) is 20.8 Å². The lowest BCUT2D eigenvalue weighted by Crippen LogP contribution is -1.89. The second-order valence-electron chi connectivity index (χ2n) is 5.56. The van der Waals surface area contributed by atoms with Crippen LogP contribution in [0.5, 0.6) is 0 Å². The van der Waals surface area contributed by atoms with Crippen molar-refractivity contribution in [1.29, 1.82) is 0 Å². The summed E-state index contributed by atoms with van der Waals surface area (Å²) in [6.07, 6.45) is 6.43. The van der Waals surface area contributed by atoms with Crippen molar-refractivity contribution in [1.82, 2.24) is 0 Å². The van der Waals surface area contributed by atoms with E-state index in [0.29, 0.717) is 0 Å². The van der Waals surface area contributed by atoms with Gasteiger partial charge < -0.3 is 0 Å². The van der Waals surface area contributed by atoms with E-state index in [2.05, 4.69) is 31.0 Å². The molecule has 0 atom stereocenters. The van der Waals surface area contributed by atoms with Crippen LogP contribution in [0, 0.1) is 0 Å². The van der Waals surface area contributed by atoms with Gasteiger partial charge in [0.25, 0.3) is 0 Å².